The van der Waals surface area contributed by atoms with Gasteiger partial charge >= 0.3 is 10.7 Å². The average Bonchev–Trinajstić information content (AvgIpc) is 2.71. The number of rotatable bonds is 2. The second-order valence-corrected chi connectivity index (χ2v) is 5.78. The highest BCUT2D eigenvalue weighted by atomic mass is 79.9. The molecule has 8 heteroatoms. The van der Waals surface area contributed by atoms with E-state index in [9.17, 15) is 4.79 Å². The zero-order valence-electron chi connectivity index (χ0n) is 10.7. The second kappa shape index (κ2) is 4.88. The van der Waals surface area contributed by atoms with Gasteiger partial charge in [-0.15, -0.1) is 4.59 Å². The van der Waals surface area contributed by atoms with E-state index in [0.717, 1.165) is 17.8 Å². The highest BCUT2D eigenvalue weighted by Crippen LogP contribution is 2.37. The first-order valence-corrected chi connectivity index (χ1v) is 7.15. The van der Waals surface area contributed by atoms with Gasteiger partial charge in [0.2, 0.25) is 5.70 Å². The van der Waals surface area contributed by atoms with Crippen molar-refractivity contribution in [2.75, 3.05) is 6.54 Å². The van der Waals surface area contributed by atoms with E-state index in [0.29, 0.717) is 17.7 Å². The fourth-order valence-electron chi connectivity index (χ4n) is 2.74. The molecule has 20 heavy (non-hydrogen) atoms. The fourth-order valence-corrected chi connectivity index (χ4v) is 3.24. The van der Waals surface area contributed by atoms with Crippen molar-refractivity contribution in [1.82, 2.24) is 5.32 Å². The summed E-state index contributed by atoms with van der Waals surface area (Å²) in [5, 5.41) is 12.1. The molecule has 0 aromatic rings. The van der Waals surface area contributed by atoms with E-state index in [1.807, 2.05) is 0 Å². The summed E-state index contributed by atoms with van der Waals surface area (Å²) in [5.41, 5.74) is 1.63. The largest absolute Gasteiger partial charge is 0.480 e. The van der Waals surface area contributed by atoms with Crippen LogP contribution in [0, 0.1) is 5.92 Å². The predicted molar refractivity (Wildman–Crippen MR) is 77.6 cm³/mol. The number of carboxylic acid groups (broad SMARTS) is 1. The summed E-state index contributed by atoms with van der Waals surface area (Å²) in [4.78, 5) is 19.8. The van der Waals surface area contributed by atoms with E-state index in [-0.39, 0.29) is 10.5 Å². The summed E-state index contributed by atoms with van der Waals surface area (Å²) < 4.78 is 0.566. The van der Waals surface area contributed by atoms with Crippen molar-refractivity contribution >= 4 is 32.9 Å². The molecule has 0 amide bonds. The van der Waals surface area contributed by atoms with Gasteiger partial charge in [-0.2, -0.15) is 10.8 Å². The van der Waals surface area contributed by atoms with Gasteiger partial charge in [0.05, 0.1) is 12.4 Å². The Morgan fingerprint density at radius 1 is 1.60 bits per heavy atom. The van der Waals surface area contributed by atoms with E-state index < -0.39 is 12.0 Å². The molecule has 7 nitrogen and oxygen atoms in total. The number of carboxylic acids is 1. The number of fused-ring (bicyclic) bond motifs is 1. The summed E-state index contributed by atoms with van der Waals surface area (Å²) >= 11 is 3.40. The van der Waals surface area contributed by atoms with Gasteiger partial charge in [-0.3, -0.25) is 9.79 Å². The maximum Gasteiger partial charge on any atom is 0.320 e. The molecule has 1 unspecified atom stereocenters. The summed E-state index contributed by atoms with van der Waals surface area (Å²) in [6.07, 6.45) is 6.42. The summed E-state index contributed by atoms with van der Waals surface area (Å²) in [5.74, 6) is 5.54. The Morgan fingerprint density at radius 3 is 3.15 bits per heavy atom. The first kappa shape index (κ1) is 13.6. The fraction of sp³-hybridized carbons (Fsp3) is 0.417. The number of hydrogen-bond donors (Lipinski definition) is 3. The van der Waals surface area contributed by atoms with Crippen LogP contribution in [0.3, 0.4) is 0 Å². The van der Waals surface area contributed by atoms with Crippen molar-refractivity contribution in [2.45, 2.75) is 18.9 Å². The number of piperidine rings is 1. The molecule has 0 aromatic heterocycles. The summed E-state index contributed by atoms with van der Waals surface area (Å²) in [6, 6.07) is -0.535. The van der Waals surface area contributed by atoms with Crippen LogP contribution in [0.5, 0.6) is 0 Å². The van der Waals surface area contributed by atoms with Gasteiger partial charge in [0, 0.05) is 21.8 Å². The number of nitrogens with zero attached hydrogens (tertiary/aromatic N) is 3. The first-order chi connectivity index (χ1) is 9.52. The Morgan fingerprint density at radius 2 is 2.40 bits per heavy atom. The number of allylic oxidation sites excluding steroid dienone is 2. The van der Waals surface area contributed by atoms with E-state index in [1.165, 1.54) is 0 Å². The topological polar surface area (TPSA) is 100 Å². The third-order valence-electron chi connectivity index (χ3n) is 3.85. The van der Waals surface area contributed by atoms with Crippen LogP contribution in [0.2, 0.25) is 0 Å². The number of halogens is 1. The van der Waals surface area contributed by atoms with Crippen LogP contribution in [0.1, 0.15) is 12.8 Å². The number of aliphatic carboxylic acids is 1. The first-order valence-electron chi connectivity index (χ1n) is 6.36. The zero-order chi connectivity index (χ0) is 14.3. The maximum absolute atomic E-state index is 11.1. The monoisotopic (exact) mass is 340 g/mol. The molecule has 4 N–H and O–H groups in total. The summed E-state index contributed by atoms with van der Waals surface area (Å²) in [6.45, 7) is 0.656. The van der Waals surface area contributed by atoms with E-state index in [4.69, 9.17) is 10.9 Å². The lowest BCUT2D eigenvalue weighted by atomic mass is 9.89. The Labute approximate surface area is 124 Å². The van der Waals surface area contributed by atoms with Crippen molar-refractivity contribution in [3.05, 3.63) is 23.8 Å². The van der Waals surface area contributed by atoms with Crippen LogP contribution in [-0.4, -0.2) is 39.2 Å². The molecule has 3 heterocycles. The molecule has 106 valence electrons. The van der Waals surface area contributed by atoms with Gasteiger partial charge in [-0.25, -0.2) is 0 Å². The van der Waals surface area contributed by atoms with Gasteiger partial charge in [-0.1, -0.05) is 0 Å². The van der Waals surface area contributed by atoms with Crippen LogP contribution < -0.4 is 11.2 Å². The Kier molecular flexibility index (Phi) is 3.33. The molecule has 0 radical (unpaired) electrons. The number of nitrogens with two attached hydrogens (primary N) is 1. The van der Waals surface area contributed by atoms with Crippen LogP contribution in [-0.2, 0) is 4.79 Å². The van der Waals surface area contributed by atoms with Crippen molar-refractivity contribution in [2.24, 2.45) is 21.7 Å². The van der Waals surface area contributed by atoms with Gasteiger partial charge in [0.25, 0.3) is 0 Å². The molecule has 3 aliphatic heterocycles. The molecule has 3 atom stereocenters. The summed E-state index contributed by atoms with van der Waals surface area (Å²) in [7, 11) is 0. The smallest absolute Gasteiger partial charge is 0.320 e. The minimum Gasteiger partial charge on any atom is -0.480 e. The van der Waals surface area contributed by atoms with Gasteiger partial charge in [0.15, 0.2) is 0 Å². The third-order valence-corrected chi connectivity index (χ3v) is 4.62. The number of amidine groups is 1. The lowest BCUT2D eigenvalue weighted by Crippen LogP contribution is -2.50. The Hall–Kier alpha value is -1.35. The molecule has 1 fully saturated rings. The van der Waals surface area contributed by atoms with E-state index in [1.54, 1.807) is 18.6 Å². The highest BCUT2D eigenvalue weighted by molar-refractivity contribution is 9.18. The van der Waals surface area contributed by atoms with Gasteiger partial charge in [-0.05, 0) is 19.4 Å². The Bertz CT molecular complexity index is 582. The molecule has 0 saturated carbocycles. The third kappa shape index (κ3) is 2.05. The van der Waals surface area contributed by atoms with Crippen LogP contribution in [0.4, 0.5) is 0 Å². The number of quaternary nitrogens is 1. The van der Waals surface area contributed by atoms with Crippen molar-refractivity contribution in [3.8, 4) is 0 Å². The number of aliphatic imine (C=N–C) groups is 2. The van der Waals surface area contributed by atoms with Crippen LogP contribution in [0.15, 0.2) is 33.8 Å². The molecule has 0 aromatic carbocycles. The normalized spacial score (nSPS) is 36.0. The van der Waals surface area contributed by atoms with E-state index in [2.05, 4.69) is 31.2 Å². The average molecular weight is 341 g/mol. The molecule has 3 aliphatic rings. The number of hydrogen-bond acceptors (Lipinski definition) is 5. The number of nitrogens with one attached hydrogen (secondary N) is 1. The van der Waals surface area contributed by atoms with Crippen LogP contribution in [0.25, 0.3) is 0 Å². The molecule has 0 aliphatic carbocycles. The van der Waals surface area contributed by atoms with E-state index >= 15 is 0 Å². The van der Waals surface area contributed by atoms with Crippen molar-refractivity contribution < 1.29 is 14.5 Å². The predicted octanol–water partition coefficient (Wildman–Crippen LogP) is 0.661. The number of carbonyl (C=O) groups is 1. The molecule has 0 bridgehead atoms. The minimum atomic E-state index is -0.827. The molecular formula is C12H15BrN5O2+. The zero-order valence-corrected chi connectivity index (χ0v) is 12.2. The lowest BCUT2D eigenvalue weighted by Gasteiger charge is -2.28. The van der Waals surface area contributed by atoms with Crippen LogP contribution >= 0.6 is 15.9 Å². The quantitative estimate of drug-likeness (QED) is 0.390. The van der Waals surface area contributed by atoms with Gasteiger partial charge in [0.1, 0.15) is 17.9 Å². The van der Waals surface area contributed by atoms with Crippen molar-refractivity contribution in [1.29, 1.82) is 0 Å². The molecule has 3 rings (SSSR count). The van der Waals surface area contributed by atoms with Crippen molar-refractivity contribution in [3.63, 3.8) is 0 Å². The van der Waals surface area contributed by atoms with Gasteiger partial charge < -0.3 is 10.4 Å². The minimum absolute atomic E-state index is 0.0273. The highest BCUT2D eigenvalue weighted by Gasteiger charge is 2.45. The molecular weight excluding hydrogens is 326 g/mol. The molecule has 1 saturated heterocycles. The lowest BCUT2D eigenvalue weighted by molar-refractivity contribution is -0.746. The SMILES string of the molecule is N[N+]12C=CN=CC1=C([C@H]1CCN[C@@H](C(=O)O)C1)N=C2Br. The standard InChI is InChI=1S/C12H14BrN5O2/c13-12-17-10(9-6-15-3-4-18(9,12)14)7-1-2-16-8(5-7)11(19)20/h3-4,6-8,16H,1-2,5,14H2/p+1/t7-,8+,18?/m0/s1. The second-order valence-electron chi connectivity index (χ2n) is 5.07. The molecule has 0 spiro atoms. The maximum atomic E-state index is 11.1. The Balaban J connectivity index is 1.94.